The van der Waals surface area contributed by atoms with Crippen LogP contribution in [0.25, 0.3) is 0 Å². The molecule has 1 aliphatic carbocycles. The Hall–Kier alpha value is -1.68. The second kappa shape index (κ2) is 8.55. The SMILES string of the molecule is CC(C)(C)C(NCC(=O)Nc1sc2c(c1C#N)CCCCC2)c1cccs1. The molecular weight excluding hydrogens is 374 g/mol. The van der Waals surface area contributed by atoms with Crippen LogP contribution in [0.3, 0.4) is 0 Å². The molecule has 0 saturated carbocycles. The molecule has 2 aromatic heterocycles. The van der Waals surface area contributed by atoms with Gasteiger partial charge >= 0.3 is 0 Å². The molecule has 4 nitrogen and oxygen atoms in total. The Bertz CT molecular complexity index is 825. The first-order valence-electron chi connectivity index (χ1n) is 9.51. The van der Waals surface area contributed by atoms with Gasteiger partial charge in [-0.05, 0) is 48.1 Å². The van der Waals surface area contributed by atoms with Crippen LogP contribution in [0, 0.1) is 16.7 Å². The molecule has 3 rings (SSSR count). The Balaban J connectivity index is 1.68. The quantitative estimate of drug-likeness (QED) is 0.671. The molecular formula is C21H27N3OS2. The highest BCUT2D eigenvalue weighted by molar-refractivity contribution is 7.16. The van der Waals surface area contributed by atoms with E-state index in [0.29, 0.717) is 5.56 Å². The van der Waals surface area contributed by atoms with E-state index in [4.69, 9.17) is 0 Å². The van der Waals surface area contributed by atoms with E-state index in [0.717, 1.165) is 29.8 Å². The minimum atomic E-state index is -0.0892. The number of amides is 1. The molecule has 0 aliphatic heterocycles. The van der Waals surface area contributed by atoms with E-state index < -0.39 is 0 Å². The summed E-state index contributed by atoms with van der Waals surface area (Å²) in [6.07, 6.45) is 5.48. The average molecular weight is 402 g/mol. The average Bonchev–Trinajstić information content (AvgIpc) is 3.16. The zero-order valence-corrected chi connectivity index (χ0v) is 17.9. The van der Waals surface area contributed by atoms with Crippen molar-refractivity contribution < 1.29 is 4.79 Å². The number of aryl methyl sites for hydroxylation is 1. The predicted molar refractivity (Wildman–Crippen MR) is 113 cm³/mol. The molecule has 1 unspecified atom stereocenters. The lowest BCUT2D eigenvalue weighted by molar-refractivity contribution is -0.115. The Morgan fingerprint density at radius 3 is 2.74 bits per heavy atom. The summed E-state index contributed by atoms with van der Waals surface area (Å²) < 4.78 is 0. The molecule has 0 aromatic carbocycles. The Labute approximate surface area is 169 Å². The van der Waals surface area contributed by atoms with Gasteiger partial charge in [0, 0.05) is 15.8 Å². The molecule has 0 saturated heterocycles. The molecule has 0 spiro atoms. The Morgan fingerprint density at radius 1 is 1.30 bits per heavy atom. The first-order chi connectivity index (χ1) is 12.9. The summed E-state index contributed by atoms with van der Waals surface area (Å²) in [4.78, 5) is 15.1. The highest BCUT2D eigenvalue weighted by Gasteiger charge is 2.27. The molecule has 1 atom stereocenters. The van der Waals surface area contributed by atoms with Crippen molar-refractivity contribution in [1.29, 1.82) is 5.26 Å². The van der Waals surface area contributed by atoms with Gasteiger partial charge in [-0.1, -0.05) is 33.3 Å². The van der Waals surface area contributed by atoms with Crippen molar-refractivity contribution in [3.8, 4) is 6.07 Å². The fourth-order valence-electron chi connectivity index (χ4n) is 3.60. The molecule has 2 N–H and O–H groups in total. The van der Waals surface area contributed by atoms with Crippen LogP contribution in [0.4, 0.5) is 5.00 Å². The van der Waals surface area contributed by atoms with Crippen LogP contribution in [0.2, 0.25) is 0 Å². The number of hydrogen-bond donors (Lipinski definition) is 2. The lowest BCUT2D eigenvalue weighted by Gasteiger charge is -2.30. The van der Waals surface area contributed by atoms with Crippen LogP contribution in [0.1, 0.15) is 67.0 Å². The summed E-state index contributed by atoms with van der Waals surface area (Å²) in [7, 11) is 0. The van der Waals surface area contributed by atoms with Crippen LogP contribution >= 0.6 is 22.7 Å². The number of nitrogens with zero attached hydrogens (tertiary/aromatic N) is 1. The van der Waals surface area contributed by atoms with Crippen molar-refractivity contribution in [3.63, 3.8) is 0 Å². The molecule has 144 valence electrons. The highest BCUT2D eigenvalue weighted by atomic mass is 32.1. The van der Waals surface area contributed by atoms with Crippen molar-refractivity contribution in [3.05, 3.63) is 38.4 Å². The third-order valence-corrected chi connectivity index (χ3v) is 7.09. The van der Waals surface area contributed by atoms with Gasteiger partial charge in [-0.2, -0.15) is 5.26 Å². The third-order valence-electron chi connectivity index (χ3n) is 4.95. The van der Waals surface area contributed by atoms with Crippen LogP contribution in [0.5, 0.6) is 0 Å². The van der Waals surface area contributed by atoms with Crippen LogP contribution in [-0.4, -0.2) is 12.5 Å². The summed E-state index contributed by atoms with van der Waals surface area (Å²) in [5.41, 5.74) is 1.84. The summed E-state index contributed by atoms with van der Waals surface area (Å²) in [5.74, 6) is -0.0892. The molecule has 0 fully saturated rings. The van der Waals surface area contributed by atoms with Gasteiger partial charge in [-0.25, -0.2) is 0 Å². The van der Waals surface area contributed by atoms with Crippen molar-refractivity contribution in [2.45, 2.75) is 58.9 Å². The number of rotatable bonds is 5. The number of hydrogen-bond acceptors (Lipinski definition) is 5. The van der Waals surface area contributed by atoms with Gasteiger partial charge in [0.1, 0.15) is 11.1 Å². The lowest BCUT2D eigenvalue weighted by atomic mass is 9.86. The topological polar surface area (TPSA) is 64.9 Å². The summed E-state index contributed by atoms with van der Waals surface area (Å²) in [6, 6.07) is 6.58. The number of fused-ring (bicyclic) bond motifs is 1. The van der Waals surface area contributed by atoms with Gasteiger partial charge in [0.05, 0.1) is 12.1 Å². The van der Waals surface area contributed by atoms with Crippen molar-refractivity contribution in [2.75, 3.05) is 11.9 Å². The largest absolute Gasteiger partial charge is 0.315 e. The zero-order valence-electron chi connectivity index (χ0n) is 16.2. The molecule has 2 aromatic rings. The van der Waals surface area contributed by atoms with Crippen molar-refractivity contribution >= 4 is 33.6 Å². The number of thiophene rings is 2. The van der Waals surface area contributed by atoms with Crippen LogP contribution < -0.4 is 10.6 Å². The number of anilines is 1. The molecule has 0 radical (unpaired) electrons. The fraction of sp³-hybridized carbons (Fsp3) is 0.524. The van der Waals surface area contributed by atoms with E-state index >= 15 is 0 Å². The molecule has 2 heterocycles. The second-order valence-corrected chi connectivity index (χ2v) is 10.2. The molecule has 6 heteroatoms. The van der Waals surface area contributed by atoms with Gasteiger partial charge in [0.2, 0.25) is 5.91 Å². The molecule has 27 heavy (non-hydrogen) atoms. The van der Waals surface area contributed by atoms with E-state index in [1.807, 2.05) is 6.07 Å². The minimum absolute atomic E-state index is 0.00320. The predicted octanol–water partition coefficient (Wildman–Crippen LogP) is 5.27. The van der Waals surface area contributed by atoms with Crippen molar-refractivity contribution in [2.24, 2.45) is 5.41 Å². The maximum atomic E-state index is 12.6. The fourth-order valence-corrected chi connectivity index (χ4v) is 5.90. The Morgan fingerprint density at radius 2 is 2.07 bits per heavy atom. The van der Waals surface area contributed by atoms with E-state index in [1.54, 1.807) is 22.7 Å². The van der Waals surface area contributed by atoms with Crippen molar-refractivity contribution in [1.82, 2.24) is 5.32 Å². The Kier molecular flexibility index (Phi) is 6.36. The van der Waals surface area contributed by atoms with Crippen LogP contribution in [-0.2, 0) is 17.6 Å². The number of nitriles is 1. The van der Waals surface area contributed by atoms with Gasteiger partial charge in [0.15, 0.2) is 0 Å². The summed E-state index contributed by atoms with van der Waals surface area (Å²) in [6.45, 7) is 6.75. The number of carbonyl (C=O) groups excluding carboxylic acids is 1. The third kappa shape index (κ3) is 4.78. The van der Waals surface area contributed by atoms with E-state index in [9.17, 15) is 10.1 Å². The van der Waals surface area contributed by atoms with Gasteiger partial charge < -0.3 is 10.6 Å². The lowest BCUT2D eigenvalue weighted by Crippen LogP contribution is -2.37. The smallest absolute Gasteiger partial charge is 0.238 e. The normalized spacial score (nSPS) is 15.5. The minimum Gasteiger partial charge on any atom is -0.315 e. The second-order valence-electron chi connectivity index (χ2n) is 8.12. The van der Waals surface area contributed by atoms with Crippen LogP contribution in [0.15, 0.2) is 17.5 Å². The van der Waals surface area contributed by atoms with E-state index in [1.165, 1.54) is 22.6 Å². The summed E-state index contributed by atoms with van der Waals surface area (Å²) in [5, 5.41) is 18.8. The maximum absolute atomic E-state index is 12.6. The maximum Gasteiger partial charge on any atom is 0.238 e. The molecule has 1 aliphatic rings. The van der Waals surface area contributed by atoms with Gasteiger partial charge in [-0.3, -0.25) is 4.79 Å². The summed E-state index contributed by atoms with van der Waals surface area (Å²) >= 11 is 3.29. The first-order valence-corrected chi connectivity index (χ1v) is 11.2. The van der Waals surface area contributed by atoms with Gasteiger partial charge in [-0.15, -0.1) is 22.7 Å². The first kappa shape index (κ1) is 20.1. The number of carbonyl (C=O) groups is 1. The highest BCUT2D eigenvalue weighted by Crippen LogP contribution is 2.37. The van der Waals surface area contributed by atoms with E-state index in [-0.39, 0.29) is 23.9 Å². The zero-order chi connectivity index (χ0) is 19.4. The van der Waals surface area contributed by atoms with E-state index in [2.05, 4.69) is 48.9 Å². The monoisotopic (exact) mass is 401 g/mol. The molecule has 1 amide bonds. The molecule has 0 bridgehead atoms. The number of nitrogens with one attached hydrogen (secondary N) is 2. The standard InChI is InChI=1S/C21H27N3OS2/c1-21(2,3)19(17-10-7-11-26-17)23-13-18(25)24-20-15(12-22)14-8-5-4-6-9-16(14)27-20/h7,10-11,19,23H,4-6,8-9,13H2,1-3H3,(H,24,25). The van der Waals surface area contributed by atoms with Gasteiger partial charge in [0.25, 0.3) is 0 Å².